The molecule has 1 aliphatic heterocycles. The minimum Gasteiger partial charge on any atom is -0.338 e. The van der Waals surface area contributed by atoms with E-state index in [4.69, 9.17) is 4.52 Å². The van der Waals surface area contributed by atoms with E-state index in [2.05, 4.69) is 20.8 Å². The van der Waals surface area contributed by atoms with E-state index in [1.807, 2.05) is 18.2 Å². The van der Waals surface area contributed by atoms with E-state index in [0.717, 1.165) is 5.56 Å². The summed E-state index contributed by atoms with van der Waals surface area (Å²) in [6.45, 7) is 0.935. The minimum absolute atomic E-state index is 0.0176. The number of benzene rings is 2. The maximum absolute atomic E-state index is 13.0. The number of halogens is 1. The van der Waals surface area contributed by atoms with Gasteiger partial charge in [0.15, 0.2) is 5.82 Å². The number of nitrogens with one attached hydrogen (secondary N) is 2. The van der Waals surface area contributed by atoms with Crippen molar-refractivity contribution in [2.24, 2.45) is 0 Å². The fourth-order valence-corrected chi connectivity index (χ4v) is 3.27. The number of amides is 3. The van der Waals surface area contributed by atoms with Crippen molar-refractivity contribution >= 4 is 17.6 Å². The molecule has 4 rings (SSSR count). The Bertz CT molecular complexity index is 1020. The number of para-hydroxylation sites is 1. The van der Waals surface area contributed by atoms with E-state index in [0.29, 0.717) is 24.6 Å². The summed E-state index contributed by atoms with van der Waals surface area (Å²) in [6, 6.07) is 14.7. The van der Waals surface area contributed by atoms with Crippen LogP contribution in [0.2, 0.25) is 0 Å². The topological polar surface area (TPSA) is 100 Å². The van der Waals surface area contributed by atoms with E-state index in [1.165, 1.54) is 12.1 Å². The summed E-state index contributed by atoms with van der Waals surface area (Å²) in [5.41, 5.74) is 1.53. The average Bonchev–Trinajstić information content (AvgIpc) is 3.36. The molecule has 2 heterocycles. The Morgan fingerprint density at radius 3 is 2.70 bits per heavy atom. The normalized spacial score (nSPS) is 16.0. The first-order valence-electron chi connectivity index (χ1n) is 9.51. The second-order valence-corrected chi connectivity index (χ2v) is 7.02. The van der Waals surface area contributed by atoms with Crippen molar-refractivity contribution in [2.75, 3.05) is 11.9 Å². The van der Waals surface area contributed by atoms with Crippen LogP contribution in [0.25, 0.3) is 0 Å². The zero-order valence-electron chi connectivity index (χ0n) is 16.0. The van der Waals surface area contributed by atoms with Crippen LogP contribution in [0.3, 0.4) is 0 Å². The number of urea groups is 1. The Labute approximate surface area is 172 Å². The number of nitrogens with zero attached hydrogens (tertiary/aromatic N) is 3. The van der Waals surface area contributed by atoms with Crippen LogP contribution in [0.1, 0.15) is 29.6 Å². The van der Waals surface area contributed by atoms with Gasteiger partial charge in [-0.25, -0.2) is 9.18 Å². The largest absolute Gasteiger partial charge is 0.338 e. The van der Waals surface area contributed by atoms with Gasteiger partial charge in [0, 0.05) is 31.1 Å². The van der Waals surface area contributed by atoms with Gasteiger partial charge in [0.1, 0.15) is 5.82 Å². The van der Waals surface area contributed by atoms with Crippen molar-refractivity contribution in [2.45, 2.75) is 25.4 Å². The highest BCUT2D eigenvalue weighted by Gasteiger charge is 2.33. The molecule has 0 bridgehead atoms. The lowest BCUT2D eigenvalue weighted by atomic mass is 10.1. The fraction of sp³-hybridized carbons (Fsp3) is 0.238. The van der Waals surface area contributed by atoms with Crippen LogP contribution in [-0.2, 0) is 17.9 Å². The molecule has 1 fully saturated rings. The molecule has 1 atom stereocenters. The van der Waals surface area contributed by atoms with Crippen LogP contribution in [0.15, 0.2) is 59.1 Å². The summed E-state index contributed by atoms with van der Waals surface area (Å²) in [6.07, 6.45) is 0.280. The lowest BCUT2D eigenvalue weighted by molar-refractivity contribution is -0.128. The number of aromatic nitrogens is 2. The second kappa shape index (κ2) is 8.73. The Hall–Kier alpha value is -3.75. The fourth-order valence-electron chi connectivity index (χ4n) is 3.27. The molecule has 8 nitrogen and oxygen atoms in total. The van der Waals surface area contributed by atoms with Crippen molar-refractivity contribution in [3.8, 4) is 0 Å². The maximum atomic E-state index is 13.0. The lowest BCUT2D eigenvalue weighted by Crippen LogP contribution is -2.28. The smallest absolute Gasteiger partial charge is 0.319 e. The zero-order chi connectivity index (χ0) is 20.9. The highest BCUT2D eigenvalue weighted by atomic mass is 19.1. The van der Waals surface area contributed by atoms with Crippen LogP contribution in [-0.4, -0.2) is 33.5 Å². The number of carbonyl (C=O) groups is 2. The summed E-state index contributed by atoms with van der Waals surface area (Å²) < 4.78 is 18.3. The Morgan fingerprint density at radius 1 is 1.17 bits per heavy atom. The summed E-state index contributed by atoms with van der Waals surface area (Å²) in [5, 5.41) is 9.31. The summed E-state index contributed by atoms with van der Waals surface area (Å²) >= 11 is 0. The van der Waals surface area contributed by atoms with Crippen molar-refractivity contribution < 1.29 is 18.5 Å². The third-order valence-corrected chi connectivity index (χ3v) is 4.78. The lowest BCUT2D eigenvalue weighted by Gasteiger charge is -2.16. The van der Waals surface area contributed by atoms with Crippen molar-refractivity contribution in [3.05, 3.63) is 77.7 Å². The molecule has 3 amide bonds. The Kier molecular flexibility index (Phi) is 5.69. The number of hydrogen-bond donors (Lipinski definition) is 2. The number of likely N-dealkylation sites (tertiary alicyclic amines) is 1. The second-order valence-electron chi connectivity index (χ2n) is 7.02. The molecule has 0 unspecified atom stereocenters. The first-order chi connectivity index (χ1) is 14.6. The van der Waals surface area contributed by atoms with Gasteiger partial charge in [0.25, 0.3) is 0 Å². The van der Waals surface area contributed by atoms with E-state index in [1.54, 1.807) is 29.2 Å². The zero-order valence-corrected chi connectivity index (χ0v) is 16.0. The molecule has 9 heteroatoms. The number of anilines is 1. The third-order valence-electron chi connectivity index (χ3n) is 4.78. The van der Waals surface area contributed by atoms with Crippen LogP contribution in [0.4, 0.5) is 14.9 Å². The molecule has 2 aromatic carbocycles. The standard InChI is InChI=1S/C21H20FN5O3/c22-16-8-6-14(7-9-16)12-27-13-15(10-19(27)28)20-25-18(30-26-20)11-23-21(29)24-17-4-2-1-3-5-17/h1-9,15H,10-13H2,(H2,23,24,29)/t15-/m1/s1. The van der Waals surface area contributed by atoms with Gasteiger partial charge in [0.2, 0.25) is 11.8 Å². The Morgan fingerprint density at radius 2 is 1.93 bits per heavy atom. The monoisotopic (exact) mass is 409 g/mol. The van der Waals surface area contributed by atoms with E-state index < -0.39 is 0 Å². The molecule has 2 N–H and O–H groups in total. The molecule has 154 valence electrons. The van der Waals surface area contributed by atoms with E-state index in [9.17, 15) is 14.0 Å². The predicted molar refractivity (Wildman–Crippen MR) is 106 cm³/mol. The first-order valence-corrected chi connectivity index (χ1v) is 9.51. The third kappa shape index (κ3) is 4.80. The van der Waals surface area contributed by atoms with Crippen LogP contribution >= 0.6 is 0 Å². The van der Waals surface area contributed by atoms with Crippen LogP contribution in [0.5, 0.6) is 0 Å². The summed E-state index contributed by atoms with van der Waals surface area (Å²) in [4.78, 5) is 30.3. The molecule has 1 saturated heterocycles. The SMILES string of the molecule is O=C(NCc1nc([C@@H]2CC(=O)N(Cc3ccc(F)cc3)C2)no1)Nc1ccccc1. The van der Waals surface area contributed by atoms with Crippen molar-refractivity contribution in [3.63, 3.8) is 0 Å². The molecular weight excluding hydrogens is 389 g/mol. The van der Waals surface area contributed by atoms with E-state index in [-0.39, 0.29) is 42.5 Å². The molecule has 3 aromatic rings. The number of rotatable bonds is 6. The van der Waals surface area contributed by atoms with Gasteiger partial charge in [-0.05, 0) is 29.8 Å². The van der Waals surface area contributed by atoms with Crippen LogP contribution in [0, 0.1) is 5.82 Å². The van der Waals surface area contributed by atoms with Gasteiger partial charge in [0.05, 0.1) is 6.54 Å². The van der Waals surface area contributed by atoms with Gasteiger partial charge in [-0.15, -0.1) is 0 Å². The highest BCUT2D eigenvalue weighted by molar-refractivity contribution is 5.89. The van der Waals surface area contributed by atoms with Gasteiger partial charge < -0.3 is 20.1 Å². The molecular formula is C21H20FN5O3. The summed E-state index contributed by atoms with van der Waals surface area (Å²) in [5.74, 6) is 0.183. The Balaban J connectivity index is 1.30. The van der Waals surface area contributed by atoms with Gasteiger partial charge >= 0.3 is 6.03 Å². The molecule has 0 saturated carbocycles. The molecule has 1 aliphatic rings. The summed E-state index contributed by atoms with van der Waals surface area (Å²) in [7, 11) is 0. The molecule has 1 aromatic heterocycles. The molecule has 0 aliphatic carbocycles. The number of hydrogen-bond acceptors (Lipinski definition) is 5. The van der Waals surface area contributed by atoms with Gasteiger partial charge in [-0.3, -0.25) is 4.79 Å². The quantitative estimate of drug-likeness (QED) is 0.652. The van der Waals surface area contributed by atoms with Gasteiger partial charge in [-0.1, -0.05) is 35.5 Å². The maximum Gasteiger partial charge on any atom is 0.319 e. The molecule has 30 heavy (non-hydrogen) atoms. The molecule has 0 spiro atoms. The average molecular weight is 409 g/mol. The van der Waals surface area contributed by atoms with E-state index >= 15 is 0 Å². The first kappa shape index (κ1) is 19.6. The highest BCUT2D eigenvalue weighted by Crippen LogP contribution is 2.27. The van der Waals surface area contributed by atoms with Crippen LogP contribution < -0.4 is 10.6 Å². The predicted octanol–water partition coefficient (Wildman–Crippen LogP) is 3.05. The molecule has 0 radical (unpaired) electrons. The van der Waals surface area contributed by atoms with Crippen molar-refractivity contribution in [1.29, 1.82) is 0 Å². The van der Waals surface area contributed by atoms with Crippen molar-refractivity contribution in [1.82, 2.24) is 20.4 Å². The minimum atomic E-state index is -0.387. The van der Waals surface area contributed by atoms with Gasteiger partial charge in [-0.2, -0.15) is 4.98 Å². The number of carbonyl (C=O) groups excluding carboxylic acids is 2.